The molecule has 12 heavy (non-hydrogen) atoms. The van der Waals surface area contributed by atoms with Gasteiger partial charge in [-0.3, -0.25) is 0 Å². The van der Waals surface area contributed by atoms with Crippen LogP contribution in [-0.2, 0) is 21.7 Å². The largest absolute Gasteiger partial charge is 0.508 e. The Balaban J connectivity index is 0. The molecule has 1 nitrogen and oxygen atoms in total. The number of benzene rings is 1. The first-order chi connectivity index (χ1) is 5.13. The van der Waals surface area contributed by atoms with Crippen LogP contribution in [0.3, 0.4) is 0 Å². The van der Waals surface area contributed by atoms with Gasteiger partial charge in [0.15, 0.2) is 0 Å². The van der Waals surface area contributed by atoms with Crippen molar-refractivity contribution >= 4 is 0 Å². The predicted octanol–water partition coefficient (Wildman–Crippen LogP) is 3.01. The molecule has 1 rings (SSSR count). The zero-order chi connectivity index (χ0) is 8.69. The normalized spacial score (nSPS) is 8.00. The van der Waals surface area contributed by atoms with E-state index >= 15 is 0 Å². The van der Waals surface area contributed by atoms with Crippen LogP contribution in [-0.4, -0.2) is 5.11 Å². The van der Waals surface area contributed by atoms with Crippen LogP contribution in [0.5, 0.6) is 5.75 Å². The van der Waals surface area contributed by atoms with Gasteiger partial charge in [-0.25, -0.2) is 0 Å². The summed E-state index contributed by atoms with van der Waals surface area (Å²) in [6.45, 7) is 6.25. The van der Waals surface area contributed by atoms with Gasteiger partial charge in [-0.05, 0) is 12.1 Å². The van der Waals surface area contributed by atoms with Gasteiger partial charge in [0.2, 0.25) is 0 Å². The number of phenols is 1. The van der Waals surface area contributed by atoms with Gasteiger partial charge in [-0.2, -0.15) is 20.8 Å². The Morgan fingerprint density at radius 1 is 1.00 bits per heavy atom. The van der Waals surface area contributed by atoms with Crippen molar-refractivity contribution in [1.29, 1.82) is 0 Å². The Bertz CT molecular complexity index is 170. The van der Waals surface area contributed by atoms with Gasteiger partial charge in [0.05, 0.1) is 0 Å². The molecule has 0 heterocycles. The smallest absolute Gasteiger partial charge is 0.115 e. The summed E-state index contributed by atoms with van der Waals surface area (Å²) in [5.41, 5.74) is 0. The summed E-state index contributed by atoms with van der Waals surface area (Å²) in [7, 11) is 0. The Labute approximate surface area is 89.7 Å². The van der Waals surface area contributed by atoms with Gasteiger partial charge in [0.1, 0.15) is 5.75 Å². The summed E-state index contributed by atoms with van der Waals surface area (Å²) in [5, 5.41) is 8.63. The first kappa shape index (κ1) is 14.3. The van der Waals surface area contributed by atoms with Crippen LogP contribution in [0, 0.1) is 5.92 Å². The predicted molar refractivity (Wildman–Crippen MR) is 48.4 cm³/mol. The molecule has 0 radical (unpaired) electrons. The molecule has 0 fully saturated rings. The Kier molecular flexibility index (Phi) is 10.5. The number of aromatic hydroxyl groups is 1. The third-order valence-electron chi connectivity index (χ3n) is 0.756. The molecule has 0 bridgehead atoms. The number of rotatable bonds is 0. The Hall–Kier alpha value is -0.266. The van der Waals surface area contributed by atoms with Crippen LogP contribution in [0.15, 0.2) is 30.3 Å². The van der Waals surface area contributed by atoms with Crippen molar-refractivity contribution in [2.24, 2.45) is 0 Å². The van der Waals surface area contributed by atoms with E-state index in [2.05, 4.69) is 20.8 Å². The van der Waals surface area contributed by atoms with E-state index in [-0.39, 0.29) is 21.7 Å². The maximum atomic E-state index is 8.63. The molecule has 0 spiro atoms. The zero-order valence-corrected chi connectivity index (χ0v) is 9.40. The zero-order valence-electron chi connectivity index (χ0n) is 7.83. The quantitative estimate of drug-likeness (QED) is 0.503. The molecule has 0 aliphatic carbocycles. The molecule has 0 unspecified atom stereocenters. The summed E-state index contributed by atoms with van der Waals surface area (Å²) in [6.07, 6.45) is 0. The van der Waals surface area contributed by atoms with Crippen molar-refractivity contribution < 1.29 is 26.8 Å². The molecular formula is C10H15OTi-. The molecule has 0 saturated heterocycles. The van der Waals surface area contributed by atoms with E-state index in [1.54, 1.807) is 24.3 Å². The Morgan fingerprint density at radius 2 is 1.33 bits per heavy atom. The molecule has 2 heteroatoms. The molecule has 66 valence electrons. The van der Waals surface area contributed by atoms with Gasteiger partial charge in [0.25, 0.3) is 0 Å². The maximum absolute atomic E-state index is 8.63. The van der Waals surface area contributed by atoms with Crippen LogP contribution >= 0.6 is 0 Å². The molecule has 0 aliphatic rings. The molecule has 0 saturated carbocycles. The van der Waals surface area contributed by atoms with Crippen LogP contribution in [0.25, 0.3) is 0 Å². The third-order valence-corrected chi connectivity index (χ3v) is 0.756. The van der Waals surface area contributed by atoms with E-state index in [0.29, 0.717) is 5.75 Å². The maximum Gasteiger partial charge on any atom is 0.115 e. The fourth-order valence-electron chi connectivity index (χ4n) is 0.428. The van der Waals surface area contributed by atoms with Gasteiger partial charge in [0, 0.05) is 21.7 Å². The van der Waals surface area contributed by atoms with Crippen molar-refractivity contribution in [3.63, 3.8) is 0 Å². The van der Waals surface area contributed by atoms with Crippen LogP contribution in [0.4, 0.5) is 0 Å². The summed E-state index contributed by atoms with van der Waals surface area (Å²) < 4.78 is 0. The van der Waals surface area contributed by atoms with Crippen molar-refractivity contribution in [2.75, 3.05) is 0 Å². The van der Waals surface area contributed by atoms with Gasteiger partial charge >= 0.3 is 0 Å². The van der Waals surface area contributed by atoms with E-state index in [1.807, 2.05) is 6.07 Å². The molecule has 0 atom stereocenters. The monoisotopic (exact) mass is 199 g/mol. The van der Waals surface area contributed by atoms with Crippen molar-refractivity contribution in [1.82, 2.24) is 0 Å². The summed E-state index contributed by atoms with van der Waals surface area (Å²) in [4.78, 5) is 0. The molecule has 0 aliphatic heterocycles. The second kappa shape index (κ2) is 8.83. The summed E-state index contributed by atoms with van der Waals surface area (Å²) in [6, 6.07) is 8.71. The number of para-hydroxylation sites is 1. The van der Waals surface area contributed by atoms with E-state index in [1.165, 1.54) is 5.92 Å². The van der Waals surface area contributed by atoms with Gasteiger partial charge < -0.3 is 11.0 Å². The molecule has 1 aromatic carbocycles. The fourth-order valence-corrected chi connectivity index (χ4v) is 0.428. The van der Waals surface area contributed by atoms with E-state index in [0.717, 1.165) is 0 Å². The summed E-state index contributed by atoms with van der Waals surface area (Å²) in [5.74, 6) is 1.74. The Morgan fingerprint density at radius 3 is 1.50 bits per heavy atom. The van der Waals surface area contributed by atoms with E-state index in [9.17, 15) is 0 Å². The second-order valence-corrected chi connectivity index (χ2v) is 2.84. The molecule has 0 amide bonds. The minimum absolute atomic E-state index is 0. The first-order valence-electron chi connectivity index (χ1n) is 3.63. The minimum atomic E-state index is 0. The standard InChI is InChI=1S/C6H6O.C4H9.Ti/c7-6-4-2-1-3-5-6;1-4(2)3;/h1-5,7H;1-3H3;/q;-1;. The molecule has 1 aromatic rings. The number of phenolic OH excluding ortho intramolecular Hbond substituents is 1. The van der Waals surface area contributed by atoms with Crippen molar-refractivity contribution in [2.45, 2.75) is 20.8 Å². The van der Waals surface area contributed by atoms with Gasteiger partial charge in [-0.1, -0.05) is 18.2 Å². The molecule has 1 N–H and O–H groups in total. The molecular weight excluding hydrogens is 184 g/mol. The van der Waals surface area contributed by atoms with Crippen molar-refractivity contribution in [3.05, 3.63) is 36.2 Å². The van der Waals surface area contributed by atoms with Crippen LogP contribution in [0.2, 0.25) is 0 Å². The van der Waals surface area contributed by atoms with Gasteiger partial charge in [-0.15, -0.1) is 0 Å². The minimum Gasteiger partial charge on any atom is -0.508 e. The summed E-state index contributed by atoms with van der Waals surface area (Å²) >= 11 is 0. The fraction of sp³-hybridized carbons (Fsp3) is 0.300. The average Bonchev–Trinajstić information content (AvgIpc) is 1.87. The van der Waals surface area contributed by atoms with Crippen molar-refractivity contribution in [3.8, 4) is 5.75 Å². The number of hydrogen-bond donors (Lipinski definition) is 1. The average molecular weight is 199 g/mol. The SMILES string of the molecule is C[C-](C)C.Oc1ccccc1.[Ti]. The number of hydrogen-bond acceptors (Lipinski definition) is 1. The first-order valence-corrected chi connectivity index (χ1v) is 3.63. The molecule has 0 aromatic heterocycles. The topological polar surface area (TPSA) is 20.2 Å². The van der Waals surface area contributed by atoms with E-state index < -0.39 is 0 Å². The second-order valence-electron chi connectivity index (χ2n) is 2.84. The van der Waals surface area contributed by atoms with Crippen LogP contribution in [0.1, 0.15) is 20.8 Å². The third kappa shape index (κ3) is 12.4. The van der Waals surface area contributed by atoms with E-state index in [4.69, 9.17) is 5.11 Å². The van der Waals surface area contributed by atoms with Crippen LogP contribution < -0.4 is 0 Å².